The molecule has 0 spiro atoms. The van der Waals surface area contributed by atoms with E-state index in [1.54, 1.807) is 0 Å². The third kappa shape index (κ3) is 6.19. The summed E-state index contributed by atoms with van der Waals surface area (Å²) in [6, 6.07) is 19.2. The van der Waals surface area contributed by atoms with E-state index in [0.717, 1.165) is 37.7 Å². The van der Waals surface area contributed by atoms with Crippen molar-refractivity contribution in [2.24, 2.45) is 5.92 Å². The lowest BCUT2D eigenvalue weighted by molar-refractivity contribution is -0.124. The van der Waals surface area contributed by atoms with Crippen molar-refractivity contribution in [3.05, 3.63) is 71.3 Å². The van der Waals surface area contributed by atoms with E-state index in [1.165, 1.54) is 11.1 Å². The third-order valence-corrected chi connectivity index (χ3v) is 4.47. The molecule has 1 amide bonds. The van der Waals surface area contributed by atoms with Gasteiger partial charge in [0.1, 0.15) is 0 Å². The lowest BCUT2D eigenvalue weighted by atomic mass is 10.0. The monoisotopic (exact) mass is 323 g/mol. The van der Waals surface area contributed by atoms with Crippen molar-refractivity contribution in [2.45, 2.75) is 52.5 Å². The van der Waals surface area contributed by atoms with E-state index >= 15 is 0 Å². The van der Waals surface area contributed by atoms with E-state index in [-0.39, 0.29) is 11.8 Å². The SMILES string of the molecule is CCCCC(C)C(=O)NCc1ccc(CCc2ccccc2)cc1. The minimum atomic E-state index is 0.107. The van der Waals surface area contributed by atoms with Crippen LogP contribution in [0, 0.1) is 5.92 Å². The van der Waals surface area contributed by atoms with Crippen LogP contribution in [0.25, 0.3) is 0 Å². The fraction of sp³-hybridized carbons (Fsp3) is 0.409. The summed E-state index contributed by atoms with van der Waals surface area (Å²) < 4.78 is 0. The maximum atomic E-state index is 12.0. The minimum absolute atomic E-state index is 0.107. The molecule has 2 nitrogen and oxygen atoms in total. The quantitative estimate of drug-likeness (QED) is 0.697. The fourth-order valence-corrected chi connectivity index (χ4v) is 2.76. The predicted octanol–water partition coefficient (Wildman–Crippen LogP) is 4.91. The zero-order valence-electron chi connectivity index (χ0n) is 14.9. The molecule has 1 N–H and O–H groups in total. The Morgan fingerprint density at radius 3 is 2.12 bits per heavy atom. The maximum Gasteiger partial charge on any atom is 0.223 e. The van der Waals surface area contributed by atoms with Crippen LogP contribution in [0.5, 0.6) is 0 Å². The van der Waals surface area contributed by atoms with E-state index in [0.29, 0.717) is 6.54 Å². The van der Waals surface area contributed by atoms with Gasteiger partial charge in [0, 0.05) is 12.5 Å². The molecule has 0 heterocycles. The van der Waals surface area contributed by atoms with Crippen molar-refractivity contribution in [1.29, 1.82) is 0 Å². The van der Waals surface area contributed by atoms with Gasteiger partial charge in [-0.25, -0.2) is 0 Å². The molecule has 128 valence electrons. The summed E-state index contributed by atoms with van der Waals surface area (Å²) in [7, 11) is 0. The van der Waals surface area contributed by atoms with Gasteiger partial charge < -0.3 is 5.32 Å². The number of aryl methyl sites for hydroxylation is 2. The number of hydrogen-bond donors (Lipinski definition) is 1. The van der Waals surface area contributed by atoms with Crippen molar-refractivity contribution in [2.75, 3.05) is 0 Å². The summed E-state index contributed by atoms with van der Waals surface area (Å²) >= 11 is 0. The molecular weight excluding hydrogens is 294 g/mol. The number of hydrogen-bond acceptors (Lipinski definition) is 1. The normalized spacial score (nSPS) is 11.9. The molecule has 2 aromatic carbocycles. The van der Waals surface area contributed by atoms with Crippen LogP contribution in [0.2, 0.25) is 0 Å². The Hall–Kier alpha value is -2.09. The molecule has 0 aliphatic carbocycles. The number of nitrogens with one attached hydrogen (secondary N) is 1. The second-order valence-corrected chi connectivity index (χ2v) is 6.56. The van der Waals surface area contributed by atoms with E-state index in [4.69, 9.17) is 0 Å². The molecule has 0 fully saturated rings. The van der Waals surface area contributed by atoms with Gasteiger partial charge in [0.05, 0.1) is 0 Å². The molecule has 0 radical (unpaired) electrons. The number of carbonyl (C=O) groups is 1. The number of unbranched alkanes of at least 4 members (excludes halogenated alkanes) is 1. The van der Waals surface area contributed by atoms with E-state index in [1.807, 2.05) is 6.92 Å². The summed E-state index contributed by atoms with van der Waals surface area (Å²) in [6.45, 7) is 4.79. The van der Waals surface area contributed by atoms with Crippen LogP contribution in [0.4, 0.5) is 0 Å². The average Bonchev–Trinajstić information content (AvgIpc) is 2.64. The standard InChI is InChI=1S/C22H29NO/c1-3-4-8-18(2)22(24)23-17-21-15-13-20(14-16-21)12-11-19-9-6-5-7-10-19/h5-7,9-10,13-16,18H,3-4,8,11-12,17H2,1-2H3,(H,23,24). The smallest absolute Gasteiger partial charge is 0.223 e. The molecule has 0 aromatic heterocycles. The number of rotatable bonds is 9. The maximum absolute atomic E-state index is 12.0. The highest BCUT2D eigenvalue weighted by Gasteiger charge is 2.11. The first-order valence-electron chi connectivity index (χ1n) is 9.08. The zero-order chi connectivity index (χ0) is 17.2. The molecule has 0 saturated carbocycles. The molecule has 2 heteroatoms. The van der Waals surface area contributed by atoms with Gasteiger partial charge in [-0.2, -0.15) is 0 Å². The molecule has 0 aliphatic rings. The van der Waals surface area contributed by atoms with Crippen LogP contribution in [-0.4, -0.2) is 5.91 Å². The first kappa shape index (κ1) is 18.3. The molecule has 24 heavy (non-hydrogen) atoms. The molecule has 0 bridgehead atoms. The van der Waals surface area contributed by atoms with Crippen molar-refractivity contribution >= 4 is 5.91 Å². The lowest BCUT2D eigenvalue weighted by Crippen LogP contribution is -2.28. The molecule has 0 saturated heterocycles. The largest absolute Gasteiger partial charge is 0.352 e. The summed E-state index contributed by atoms with van der Waals surface area (Å²) in [4.78, 5) is 12.0. The van der Waals surface area contributed by atoms with E-state index < -0.39 is 0 Å². The third-order valence-electron chi connectivity index (χ3n) is 4.47. The van der Waals surface area contributed by atoms with Crippen molar-refractivity contribution in [3.8, 4) is 0 Å². The highest BCUT2D eigenvalue weighted by atomic mass is 16.1. The number of carbonyl (C=O) groups excluding carboxylic acids is 1. The van der Waals surface area contributed by atoms with Crippen molar-refractivity contribution < 1.29 is 4.79 Å². The Bertz CT molecular complexity index is 604. The molecule has 2 aromatic rings. The Labute approximate surface area is 146 Å². The van der Waals surface area contributed by atoms with Crippen LogP contribution >= 0.6 is 0 Å². The Morgan fingerprint density at radius 1 is 0.917 bits per heavy atom. The summed E-state index contributed by atoms with van der Waals surface area (Å²) in [5.74, 6) is 0.270. The average molecular weight is 323 g/mol. The van der Waals surface area contributed by atoms with E-state index in [9.17, 15) is 4.79 Å². The van der Waals surface area contributed by atoms with Gasteiger partial charge in [-0.1, -0.05) is 81.3 Å². The number of amides is 1. The Balaban J connectivity index is 1.76. The Kier molecular flexibility index (Phi) is 7.54. The molecular formula is C22H29NO. The first-order chi connectivity index (χ1) is 11.7. The lowest BCUT2D eigenvalue weighted by Gasteiger charge is -2.12. The Morgan fingerprint density at radius 2 is 1.50 bits per heavy atom. The van der Waals surface area contributed by atoms with Crippen LogP contribution in [0.15, 0.2) is 54.6 Å². The van der Waals surface area contributed by atoms with Gasteiger partial charge in [-0.3, -0.25) is 4.79 Å². The summed E-state index contributed by atoms with van der Waals surface area (Å²) in [5, 5.41) is 3.05. The number of benzene rings is 2. The van der Waals surface area contributed by atoms with Gasteiger partial charge in [-0.15, -0.1) is 0 Å². The zero-order valence-corrected chi connectivity index (χ0v) is 14.9. The molecule has 1 atom stereocenters. The molecule has 1 unspecified atom stereocenters. The van der Waals surface area contributed by atoms with Gasteiger partial charge in [0.15, 0.2) is 0 Å². The van der Waals surface area contributed by atoms with Crippen LogP contribution in [0.1, 0.15) is 49.8 Å². The summed E-state index contributed by atoms with van der Waals surface area (Å²) in [6.07, 6.45) is 5.34. The van der Waals surface area contributed by atoms with Gasteiger partial charge in [-0.05, 0) is 36.0 Å². The van der Waals surface area contributed by atoms with Gasteiger partial charge >= 0.3 is 0 Å². The predicted molar refractivity (Wildman–Crippen MR) is 101 cm³/mol. The topological polar surface area (TPSA) is 29.1 Å². The van der Waals surface area contributed by atoms with Gasteiger partial charge in [0.2, 0.25) is 5.91 Å². The van der Waals surface area contributed by atoms with Crippen molar-refractivity contribution in [3.63, 3.8) is 0 Å². The van der Waals surface area contributed by atoms with E-state index in [2.05, 4.69) is 66.8 Å². The first-order valence-corrected chi connectivity index (χ1v) is 9.08. The van der Waals surface area contributed by atoms with Crippen molar-refractivity contribution in [1.82, 2.24) is 5.32 Å². The fourth-order valence-electron chi connectivity index (χ4n) is 2.76. The highest BCUT2D eigenvalue weighted by molar-refractivity contribution is 5.78. The molecule has 2 rings (SSSR count). The minimum Gasteiger partial charge on any atom is -0.352 e. The van der Waals surface area contributed by atoms with Gasteiger partial charge in [0.25, 0.3) is 0 Å². The summed E-state index contributed by atoms with van der Waals surface area (Å²) in [5.41, 5.74) is 3.87. The highest BCUT2D eigenvalue weighted by Crippen LogP contribution is 2.11. The van der Waals surface area contributed by atoms with Crippen LogP contribution < -0.4 is 5.32 Å². The second-order valence-electron chi connectivity index (χ2n) is 6.56. The second kappa shape index (κ2) is 9.92. The molecule has 0 aliphatic heterocycles. The van der Waals surface area contributed by atoms with Crippen LogP contribution in [-0.2, 0) is 24.2 Å². The van der Waals surface area contributed by atoms with Crippen LogP contribution in [0.3, 0.4) is 0 Å².